The summed E-state index contributed by atoms with van der Waals surface area (Å²) < 4.78 is 13.5. The van der Waals surface area contributed by atoms with E-state index < -0.39 is 0 Å². The highest BCUT2D eigenvalue weighted by Crippen LogP contribution is 2.28. The van der Waals surface area contributed by atoms with Gasteiger partial charge in [0.1, 0.15) is 0 Å². The van der Waals surface area contributed by atoms with E-state index >= 15 is 0 Å². The molecule has 0 saturated heterocycles. The van der Waals surface area contributed by atoms with E-state index in [1.807, 2.05) is 24.9 Å². The SMILES string of the molecule is CCOc1ccnc(NCc2c(-c3ncc(OC4CCCCC4)c(CC)n3)cnn2C)n1. The molecule has 1 fully saturated rings. The van der Waals surface area contributed by atoms with Crippen molar-refractivity contribution in [1.82, 2.24) is 29.7 Å². The second kappa shape index (κ2) is 10.4. The normalized spacial score (nSPS) is 14.3. The Kier molecular flexibility index (Phi) is 7.14. The second-order valence-corrected chi connectivity index (χ2v) is 7.87. The van der Waals surface area contributed by atoms with Crippen molar-refractivity contribution in [1.29, 1.82) is 0 Å². The summed E-state index contributed by atoms with van der Waals surface area (Å²) in [6.45, 7) is 5.05. The maximum atomic E-state index is 6.25. The number of hydrogen-bond donors (Lipinski definition) is 1. The highest BCUT2D eigenvalue weighted by Gasteiger charge is 2.19. The van der Waals surface area contributed by atoms with Gasteiger partial charge in [0.15, 0.2) is 11.6 Å². The minimum Gasteiger partial charge on any atom is -0.487 e. The van der Waals surface area contributed by atoms with E-state index in [9.17, 15) is 0 Å². The molecule has 9 heteroatoms. The van der Waals surface area contributed by atoms with Crippen molar-refractivity contribution in [3.63, 3.8) is 0 Å². The molecule has 0 atom stereocenters. The van der Waals surface area contributed by atoms with Crippen molar-refractivity contribution in [3.05, 3.63) is 36.0 Å². The third-order valence-corrected chi connectivity index (χ3v) is 5.65. The predicted molar refractivity (Wildman–Crippen MR) is 122 cm³/mol. The lowest BCUT2D eigenvalue weighted by Crippen LogP contribution is -2.20. The molecule has 0 aliphatic heterocycles. The molecular formula is C23H31N7O2. The third-order valence-electron chi connectivity index (χ3n) is 5.65. The van der Waals surface area contributed by atoms with Crippen LogP contribution in [0.1, 0.15) is 57.3 Å². The molecule has 3 heterocycles. The van der Waals surface area contributed by atoms with Crippen molar-refractivity contribution in [2.45, 2.75) is 65.0 Å². The Morgan fingerprint density at radius 2 is 1.94 bits per heavy atom. The molecule has 0 radical (unpaired) electrons. The molecule has 1 aliphatic carbocycles. The topological polar surface area (TPSA) is 99.9 Å². The van der Waals surface area contributed by atoms with Gasteiger partial charge in [0.25, 0.3) is 0 Å². The van der Waals surface area contributed by atoms with Crippen molar-refractivity contribution >= 4 is 5.95 Å². The zero-order valence-corrected chi connectivity index (χ0v) is 19.0. The Balaban J connectivity index is 1.52. The molecule has 1 saturated carbocycles. The van der Waals surface area contributed by atoms with Crippen LogP contribution in [0.15, 0.2) is 24.7 Å². The van der Waals surface area contributed by atoms with Crippen molar-refractivity contribution in [2.75, 3.05) is 11.9 Å². The van der Waals surface area contributed by atoms with Crippen LogP contribution in [0.2, 0.25) is 0 Å². The summed E-state index contributed by atoms with van der Waals surface area (Å²) in [6, 6.07) is 1.74. The maximum absolute atomic E-state index is 6.25. The molecule has 1 aliphatic rings. The Bertz CT molecular complexity index is 1030. The lowest BCUT2D eigenvalue weighted by atomic mass is 9.98. The molecule has 0 spiro atoms. The summed E-state index contributed by atoms with van der Waals surface area (Å²) in [5.41, 5.74) is 2.74. The molecule has 3 aromatic rings. The summed E-state index contributed by atoms with van der Waals surface area (Å²) in [7, 11) is 1.90. The number of anilines is 1. The van der Waals surface area contributed by atoms with Crippen LogP contribution in [0.25, 0.3) is 11.4 Å². The molecule has 1 N–H and O–H groups in total. The largest absolute Gasteiger partial charge is 0.487 e. The number of rotatable bonds is 9. The number of aromatic nitrogens is 6. The highest BCUT2D eigenvalue weighted by atomic mass is 16.5. The van der Waals surface area contributed by atoms with E-state index in [1.54, 1.807) is 18.5 Å². The Labute approximate surface area is 188 Å². The summed E-state index contributed by atoms with van der Waals surface area (Å²) in [6.07, 6.45) is 12.3. The fraction of sp³-hybridized carbons (Fsp3) is 0.522. The smallest absolute Gasteiger partial charge is 0.226 e. The van der Waals surface area contributed by atoms with E-state index in [1.165, 1.54) is 19.3 Å². The van der Waals surface area contributed by atoms with Gasteiger partial charge in [0.05, 0.1) is 48.6 Å². The van der Waals surface area contributed by atoms with Crippen LogP contribution in [0.5, 0.6) is 11.6 Å². The monoisotopic (exact) mass is 437 g/mol. The van der Waals surface area contributed by atoms with Gasteiger partial charge in [-0.05, 0) is 39.0 Å². The standard InChI is InChI=1S/C23H31N7O2/c1-4-18-20(32-16-9-7-6-8-10-16)15-25-22(28-18)17-13-27-30(3)19(17)14-26-23-24-12-11-21(29-23)31-5-2/h11-13,15-16H,4-10,14H2,1-3H3,(H,24,26,29). The van der Waals surface area contributed by atoms with Gasteiger partial charge in [-0.1, -0.05) is 13.3 Å². The molecule has 3 aromatic heterocycles. The van der Waals surface area contributed by atoms with Gasteiger partial charge in [-0.25, -0.2) is 15.0 Å². The van der Waals surface area contributed by atoms with Gasteiger partial charge in [0, 0.05) is 19.3 Å². The maximum Gasteiger partial charge on any atom is 0.226 e. The Morgan fingerprint density at radius 1 is 1.09 bits per heavy atom. The van der Waals surface area contributed by atoms with Gasteiger partial charge < -0.3 is 14.8 Å². The van der Waals surface area contributed by atoms with Crippen LogP contribution in [-0.4, -0.2) is 42.4 Å². The lowest BCUT2D eigenvalue weighted by Gasteiger charge is -2.23. The number of nitrogens with one attached hydrogen (secondary N) is 1. The second-order valence-electron chi connectivity index (χ2n) is 7.87. The first-order chi connectivity index (χ1) is 15.7. The first kappa shape index (κ1) is 22.0. The fourth-order valence-corrected chi connectivity index (χ4v) is 3.93. The van der Waals surface area contributed by atoms with Gasteiger partial charge in [-0.2, -0.15) is 10.1 Å². The first-order valence-corrected chi connectivity index (χ1v) is 11.4. The Morgan fingerprint density at radius 3 is 2.72 bits per heavy atom. The minimum absolute atomic E-state index is 0.272. The molecule has 4 rings (SSSR count). The van der Waals surface area contributed by atoms with E-state index in [-0.39, 0.29) is 6.10 Å². The molecule has 9 nitrogen and oxygen atoms in total. The molecule has 0 unspecified atom stereocenters. The molecule has 170 valence electrons. The van der Waals surface area contributed by atoms with Crippen LogP contribution in [0.3, 0.4) is 0 Å². The van der Waals surface area contributed by atoms with Gasteiger partial charge in [-0.15, -0.1) is 0 Å². The average Bonchev–Trinajstić information content (AvgIpc) is 3.19. The van der Waals surface area contributed by atoms with Crippen LogP contribution in [-0.2, 0) is 20.0 Å². The Hall–Kier alpha value is -3.23. The molecule has 0 aromatic carbocycles. The number of hydrogen-bond acceptors (Lipinski definition) is 8. The van der Waals surface area contributed by atoms with Crippen molar-refractivity contribution in [3.8, 4) is 23.0 Å². The zero-order valence-electron chi connectivity index (χ0n) is 19.0. The zero-order chi connectivity index (χ0) is 22.3. The van der Waals surface area contributed by atoms with E-state index in [0.717, 1.165) is 42.0 Å². The van der Waals surface area contributed by atoms with E-state index in [2.05, 4.69) is 32.3 Å². The predicted octanol–water partition coefficient (Wildman–Crippen LogP) is 3.95. The average molecular weight is 438 g/mol. The fourth-order valence-electron chi connectivity index (χ4n) is 3.93. The van der Waals surface area contributed by atoms with Gasteiger partial charge in [-0.3, -0.25) is 4.68 Å². The lowest BCUT2D eigenvalue weighted by molar-refractivity contribution is 0.152. The summed E-state index contributed by atoms with van der Waals surface area (Å²) in [5.74, 6) is 2.48. The highest BCUT2D eigenvalue weighted by molar-refractivity contribution is 5.58. The number of aryl methyl sites for hydroxylation is 2. The molecule has 0 amide bonds. The van der Waals surface area contributed by atoms with Crippen LogP contribution >= 0.6 is 0 Å². The summed E-state index contributed by atoms with van der Waals surface area (Å²) >= 11 is 0. The molecule has 0 bridgehead atoms. The third kappa shape index (κ3) is 5.15. The van der Waals surface area contributed by atoms with Crippen molar-refractivity contribution in [2.24, 2.45) is 7.05 Å². The number of ether oxygens (including phenoxy) is 2. The van der Waals surface area contributed by atoms with E-state index in [4.69, 9.17) is 14.5 Å². The summed E-state index contributed by atoms with van der Waals surface area (Å²) in [4.78, 5) is 18.1. The van der Waals surface area contributed by atoms with Crippen LogP contribution < -0.4 is 14.8 Å². The molecular weight excluding hydrogens is 406 g/mol. The van der Waals surface area contributed by atoms with Gasteiger partial charge >= 0.3 is 0 Å². The van der Waals surface area contributed by atoms with Gasteiger partial charge in [0.2, 0.25) is 11.8 Å². The van der Waals surface area contributed by atoms with Crippen molar-refractivity contribution < 1.29 is 9.47 Å². The van der Waals surface area contributed by atoms with Crippen LogP contribution in [0, 0.1) is 0 Å². The minimum atomic E-state index is 0.272. The number of nitrogens with zero attached hydrogens (tertiary/aromatic N) is 6. The first-order valence-electron chi connectivity index (χ1n) is 11.4. The summed E-state index contributed by atoms with van der Waals surface area (Å²) in [5, 5.41) is 7.67. The molecule has 32 heavy (non-hydrogen) atoms. The quantitative estimate of drug-likeness (QED) is 0.537. The van der Waals surface area contributed by atoms with Crippen LogP contribution in [0.4, 0.5) is 5.95 Å². The van der Waals surface area contributed by atoms with E-state index in [0.29, 0.717) is 30.8 Å².